The first kappa shape index (κ1) is 20.9. The Morgan fingerprint density at radius 2 is 0.964 bits per heavy atom. The quantitative estimate of drug-likeness (QED) is 0.310. The topological polar surface area (TPSA) is 0 Å². The molecule has 0 amide bonds. The molecule has 0 spiro atoms. The summed E-state index contributed by atoms with van der Waals surface area (Å²) in [4.78, 5) is 0. The van der Waals surface area contributed by atoms with Crippen molar-refractivity contribution >= 4 is 39.8 Å². The van der Waals surface area contributed by atoms with Crippen molar-refractivity contribution in [1.82, 2.24) is 0 Å². The first-order chi connectivity index (χ1) is 13.1. The Balaban J connectivity index is 2.10. The Morgan fingerprint density at radius 3 is 1.32 bits per heavy atom. The average molecular weight is 477 g/mol. The van der Waals surface area contributed by atoms with Gasteiger partial charge >= 0.3 is 12.4 Å². The minimum atomic E-state index is -4.46. The van der Waals surface area contributed by atoms with Gasteiger partial charge in [-0.1, -0.05) is 58.4 Å². The van der Waals surface area contributed by atoms with Crippen LogP contribution in [0.15, 0.2) is 77.3 Å². The molecule has 0 aromatic heterocycles. The van der Waals surface area contributed by atoms with Crippen LogP contribution in [0.25, 0.3) is 0 Å². The summed E-state index contributed by atoms with van der Waals surface area (Å²) in [6, 6.07) is 16.7. The maximum absolute atomic E-state index is 12.9. The summed E-state index contributed by atoms with van der Waals surface area (Å²) in [5.74, 6) is 0. The van der Waals surface area contributed by atoms with Crippen LogP contribution in [0.3, 0.4) is 0 Å². The van der Waals surface area contributed by atoms with E-state index in [-0.39, 0.29) is 0 Å². The standard InChI is InChI=1S/C20H12BrF6P/c21-17-3-1-2-4-18(17)28(15-9-5-13(6-10-15)19(22,23)24)16-11-7-14(8-12-16)20(25,26)27/h1-12H. The third-order valence-electron chi connectivity index (χ3n) is 4.00. The van der Waals surface area contributed by atoms with E-state index in [1.54, 1.807) is 18.2 Å². The van der Waals surface area contributed by atoms with E-state index in [2.05, 4.69) is 15.9 Å². The molecule has 3 rings (SSSR count). The van der Waals surface area contributed by atoms with Crippen LogP contribution in [0, 0.1) is 0 Å². The number of alkyl halides is 6. The molecule has 0 atom stereocenters. The zero-order valence-electron chi connectivity index (χ0n) is 14.0. The lowest BCUT2D eigenvalue weighted by molar-refractivity contribution is -0.138. The monoisotopic (exact) mass is 476 g/mol. The van der Waals surface area contributed by atoms with Crippen molar-refractivity contribution in [3.8, 4) is 0 Å². The van der Waals surface area contributed by atoms with Crippen LogP contribution >= 0.6 is 23.9 Å². The largest absolute Gasteiger partial charge is 0.416 e. The van der Waals surface area contributed by atoms with E-state index >= 15 is 0 Å². The molecule has 3 aromatic carbocycles. The van der Waals surface area contributed by atoms with Gasteiger partial charge in [0.15, 0.2) is 0 Å². The van der Waals surface area contributed by atoms with E-state index < -0.39 is 31.4 Å². The Morgan fingerprint density at radius 1 is 0.571 bits per heavy atom. The fourth-order valence-corrected chi connectivity index (χ4v) is 5.75. The molecule has 28 heavy (non-hydrogen) atoms. The summed E-state index contributed by atoms with van der Waals surface area (Å²) in [6.07, 6.45) is -8.91. The molecule has 0 saturated carbocycles. The summed E-state index contributed by atoms with van der Waals surface area (Å²) in [6.45, 7) is 0. The van der Waals surface area contributed by atoms with Gasteiger partial charge in [-0.15, -0.1) is 0 Å². The van der Waals surface area contributed by atoms with Gasteiger partial charge in [-0.25, -0.2) is 0 Å². The van der Waals surface area contributed by atoms with Crippen molar-refractivity contribution in [3.63, 3.8) is 0 Å². The fraction of sp³-hybridized carbons (Fsp3) is 0.100. The van der Waals surface area contributed by atoms with Crippen molar-refractivity contribution in [3.05, 3.63) is 88.4 Å². The Kier molecular flexibility index (Phi) is 5.87. The van der Waals surface area contributed by atoms with Crippen LogP contribution < -0.4 is 15.9 Å². The van der Waals surface area contributed by atoms with Crippen LogP contribution in [-0.2, 0) is 12.4 Å². The molecule has 8 heteroatoms. The third-order valence-corrected chi connectivity index (χ3v) is 7.50. The van der Waals surface area contributed by atoms with Gasteiger partial charge in [0, 0.05) is 4.47 Å². The molecule has 3 aromatic rings. The normalized spacial score (nSPS) is 12.4. The highest BCUT2D eigenvalue weighted by molar-refractivity contribution is 9.10. The van der Waals surface area contributed by atoms with Crippen LogP contribution in [0.4, 0.5) is 26.3 Å². The second kappa shape index (κ2) is 7.88. The zero-order valence-corrected chi connectivity index (χ0v) is 16.5. The maximum atomic E-state index is 12.9. The molecule has 146 valence electrons. The Labute approximate surface area is 167 Å². The fourth-order valence-electron chi connectivity index (χ4n) is 2.66. The predicted molar refractivity (Wildman–Crippen MR) is 103 cm³/mol. The molecule has 0 fully saturated rings. The molecule has 0 nitrogen and oxygen atoms in total. The lowest BCUT2D eigenvalue weighted by atomic mass is 10.2. The second-order valence-corrected chi connectivity index (χ2v) is 8.92. The first-order valence-corrected chi connectivity index (χ1v) is 10.1. The number of hydrogen-bond acceptors (Lipinski definition) is 0. The van der Waals surface area contributed by atoms with Crippen molar-refractivity contribution in [1.29, 1.82) is 0 Å². The van der Waals surface area contributed by atoms with E-state index in [4.69, 9.17) is 0 Å². The number of benzene rings is 3. The van der Waals surface area contributed by atoms with Gasteiger partial charge in [0.05, 0.1) is 11.1 Å². The van der Waals surface area contributed by atoms with Gasteiger partial charge in [0.1, 0.15) is 0 Å². The Hall–Kier alpha value is -1.85. The van der Waals surface area contributed by atoms with E-state index in [0.29, 0.717) is 10.6 Å². The lowest BCUT2D eigenvalue weighted by Gasteiger charge is -2.21. The highest BCUT2D eigenvalue weighted by Gasteiger charge is 2.32. The molecule has 0 bridgehead atoms. The van der Waals surface area contributed by atoms with Gasteiger partial charge in [0.25, 0.3) is 0 Å². The second-order valence-electron chi connectivity index (χ2n) is 5.88. The van der Waals surface area contributed by atoms with E-state index in [1.165, 1.54) is 24.3 Å². The van der Waals surface area contributed by atoms with Crippen molar-refractivity contribution < 1.29 is 26.3 Å². The molecule has 0 aliphatic carbocycles. The molecule has 0 radical (unpaired) electrons. The molecule has 0 N–H and O–H groups in total. The third kappa shape index (κ3) is 4.58. The van der Waals surface area contributed by atoms with E-state index in [0.717, 1.165) is 34.0 Å². The van der Waals surface area contributed by atoms with Gasteiger partial charge in [0.2, 0.25) is 0 Å². The highest BCUT2D eigenvalue weighted by atomic mass is 79.9. The highest BCUT2D eigenvalue weighted by Crippen LogP contribution is 2.38. The van der Waals surface area contributed by atoms with E-state index in [1.807, 2.05) is 6.07 Å². The average Bonchev–Trinajstić information content (AvgIpc) is 2.63. The zero-order chi connectivity index (χ0) is 20.5. The molecule has 0 unspecified atom stereocenters. The van der Waals surface area contributed by atoms with Crippen molar-refractivity contribution in [2.75, 3.05) is 0 Å². The van der Waals surface area contributed by atoms with Crippen LogP contribution in [0.5, 0.6) is 0 Å². The summed E-state index contributed by atoms with van der Waals surface area (Å²) in [7, 11) is -1.34. The van der Waals surface area contributed by atoms with E-state index in [9.17, 15) is 26.3 Å². The van der Waals surface area contributed by atoms with Crippen molar-refractivity contribution in [2.45, 2.75) is 12.4 Å². The first-order valence-electron chi connectivity index (χ1n) is 7.96. The summed E-state index contributed by atoms with van der Waals surface area (Å²) in [5, 5.41) is 2.02. The summed E-state index contributed by atoms with van der Waals surface area (Å²) in [5.41, 5.74) is -1.54. The number of halogens is 7. The lowest BCUT2D eigenvalue weighted by Crippen LogP contribution is -2.22. The number of rotatable bonds is 3. The Bertz CT molecular complexity index is 889. The number of hydrogen-bond donors (Lipinski definition) is 0. The minimum Gasteiger partial charge on any atom is -0.166 e. The molecular weight excluding hydrogens is 465 g/mol. The van der Waals surface area contributed by atoms with Crippen LogP contribution in [-0.4, -0.2) is 0 Å². The van der Waals surface area contributed by atoms with Gasteiger partial charge < -0.3 is 0 Å². The molecule has 0 aliphatic rings. The minimum absolute atomic E-state index is 0.606. The van der Waals surface area contributed by atoms with Crippen LogP contribution in [0.1, 0.15) is 11.1 Å². The van der Waals surface area contributed by atoms with Gasteiger partial charge in [-0.2, -0.15) is 26.3 Å². The van der Waals surface area contributed by atoms with Crippen molar-refractivity contribution in [2.24, 2.45) is 0 Å². The van der Waals surface area contributed by atoms with Crippen LogP contribution in [0.2, 0.25) is 0 Å². The molecule has 0 heterocycles. The summed E-state index contributed by atoms with van der Waals surface area (Å²) < 4.78 is 78.0. The molecule has 0 saturated heterocycles. The summed E-state index contributed by atoms with van der Waals surface area (Å²) >= 11 is 3.44. The van der Waals surface area contributed by atoms with Gasteiger partial charge in [-0.3, -0.25) is 0 Å². The smallest absolute Gasteiger partial charge is 0.166 e. The molecule has 0 aliphatic heterocycles. The maximum Gasteiger partial charge on any atom is 0.416 e. The van der Waals surface area contributed by atoms with Gasteiger partial charge in [-0.05, 0) is 54.2 Å². The predicted octanol–water partition coefficient (Wildman–Crippen LogP) is 6.24. The SMILES string of the molecule is FC(F)(F)c1ccc(P(c2ccc(C(F)(F)F)cc2)c2ccccc2Br)cc1. The molecular formula is C20H12BrF6P.